The highest BCUT2D eigenvalue weighted by Gasteiger charge is 2.15. The van der Waals surface area contributed by atoms with Crippen molar-refractivity contribution in [2.75, 3.05) is 0 Å². The Morgan fingerprint density at radius 2 is 2.00 bits per heavy atom. The number of nitrogens with zero attached hydrogens (tertiary/aromatic N) is 2. The fraction of sp³-hybridized carbons (Fsp3) is 0.286. The summed E-state index contributed by atoms with van der Waals surface area (Å²) in [7, 11) is 0. The second-order valence-corrected chi connectivity index (χ2v) is 4.56. The van der Waals surface area contributed by atoms with Gasteiger partial charge in [-0.25, -0.2) is 9.78 Å². The van der Waals surface area contributed by atoms with Gasteiger partial charge in [-0.3, -0.25) is 0 Å². The molecule has 18 heavy (non-hydrogen) atoms. The predicted molar refractivity (Wildman–Crippen MR) is 67.6 cm³/mol. The molecule has 4 heteroatoms. The van der Waals surface area contributed by atoms with Crippen LogP contribution in [0.1, 0.15) is 28.9 Å². The molecule has 0 atom stereocenters. The van der Waals surface area contributed by atoms with Crippen LogP contribution in [0.4, 0.5) is 0 Å². The number of benzene rings is 1. The number of fused-ring (bicyclic) bond motifs is 1. The number of carbonyl (C=O) groups is 1. The maximum Gasteiger partial charge on any atom is 0.335 e. The Morgan fingerprint density at radius 3 is 2.72 bits per heavy atom. The van der Waals surface area contributed by atoms with Crippen molar-refractivity contribution in [2.24, 2.45) is 0 Å². The molecular formula is C14H14N2O2. The van der Waals surface area contributed by atoms with Crippen LogP contribution in [0.3, 0.4) is 0 Å². The topological polar surface area (TPSA) is 55.1 Å². The van der Waals surface area contributed by atoms with Crippen molar-refractivity contribution < 1.29 is 9.90 Å². The molecule has 0 radical (unpaired) electrons. The molecule has 4 nitrogen and oxygen atoms in total. The Kier molecular flexibility index (Phi) is 2.63. The van der Waals surface area contributed by atoms with Crippen LogP contribution in [0, 0.1) is 0 Å². The molecule has 1 aromatic heterocycles. The summed E-state index contributed by atoms with van der Waals surface area (Å²) >= 11 is 0. The zero-order valence-corrected chi connectivity index (χ0v) is 9.97. The number of imidazole rings is 1. The van der Waals surface area contributed by atoms with E-state index >= 15 is 0 Å². The van der Waals surface area contributed by atoms with Gasteiger partial charge in [0, 0.05) is 24.0 Å². The maximum atomic E-state index is 10.8. The molecule has 0 saturated heterocycles. The highest BCUT2D eigenvalue weighted by Crippen LogP contribution is 2.24. The summed E-state index contributed by atoms with van der Waals surface area (Å²) < 4.78 is 2.24. The third-order valence-corrected chi connectivity index (χ3v) is 3.39. The molecule has 2 aromatic rings. The lowest BCUT2D eigenvalue weighted by molar-refractivity contribution is 0.0697. The van der Waals surface area contributed by atoms with Gasteiger partial charge in [0.05, 0.1) is 5.56 Å². The van der Waals surface area contributed by atoms with Crippen LogP contribution in [0.15, 0.2) is 30.5 Å². The summed E-state index contributed by atoms with van der Waals surface area (Å²) in [5.74, 6) is 0.0494. The van der Waals surface area contributed by atoms with E-state index in [0.29, 0.717) is 5.56 Å². The SMILES string of the molecule is O=C(O)c1ccc(-c2ncc3n2CCCC3)cc1. The standard InChI is InChI=1S/C14H14N2O2/c17-14(18)11-6-4-10(5-7-11)13-15-9-12-3-1-2-8-16(12)13/h4-7,9H,1-3,8H2,(H,17,18). The van der Waals surface area contributed by atoms with Gasteiger partial charge in [0.1, 0.15) is 5.82 Å². The van der Waals surface area contributed by atoms with Crippen molar-refractivity contribution in [3.63, 3.8) is 0 Å². The van der Waals surface area contributed by atoms with E-state index in [1.54, 1.807) is 12.1 Å². The molecule has 0 saturated carbocycles. The summed E-state index contributed by atoms with van der Waals surface area (Å²) in [5, 5.41) is 8.88. The van der Waals surface area contributed by atoms with E-state index in [4.69, 9.17) is 5.11 Å². The first-order valence-corrected chi connectivity index (χ1v) is 6.14. The molecule has 3 rings (SSSR count). The highest BCUT2D eigenvalue weighted by atomic mass is 16.4. The Morgan fingerprint density at radius 1 is 1.22 bits per heavy atom. The lowest BCUT2D eigenvalue weighted by Crippen LogP contribution is -2.10. The predicted octanol–water partition coefficient (Wildman–Crippen LogP) is 2.58. The van der Waals surface area contributed by atoms with Gasteiger partial charge in [0.2, 0.25) is 0 Å². The Bertz CT molecular complexity index is 584. The minimum atomic E-state index is -0.897. The van der Waals surface area contributed by atoms with Gasteiger partial charge in [0.15, 0.2) is 0 Å². The largest absolute Gasteiger partial charge is 0.478 e. The molecule has 1 aromatic carbocycles. The van der Waals surface area contributed by atoms with Crippen LogP contribution in [0.25, 0.3) is 11.4 Å². The minimum absolute atomic E-state index is 0.309. The van der Waals surface area contributed by atoms with Crippen molar-refractivity contribution >= 4 is 5.97 Å². The smallest absolute Gasteiger partial charge is 0.335 e. The highest BCUT2D eigenvalue weighted by molar-refractivity contribution is 5.88. The van der Waals surface area contributed by atoms with Gasteiger partial charge in [-0.2, -0.15) is 0 Å². The number of rotatable bonds is 2. The van der Waals surface area contributed by atoms with Gasteiger partial charge in [-0.15, -0.1) is 0 Å². The fourth-order valence-electron chi connectivity index (χ4n) is 2.43. The van der Waals surface area contributed by atoms with Crippen molar-refractivity contribution in [3.8, 4) is 11.4 Å². The van der Waals surface area contributed by atoms with E-state index in [1.807, 2.05) is 18.3 Å². The van der Waals surface area contributed by atoms with Crippen LogP contribution >= 0.6 is 0 Å². The second kappa shape index (κ2) is 4.29. The monoisotopic (exact) mass is 242 g/mol. The van der Waals surface area contributed by atoms with E-state index in [-0.39, 0.29) is 0 Å². The molecule has 92 valence electrons. The number of aromatic carboxylic acids is 1. The van der Waals surface area contributed by atoms with Gasteiger partial charge in [-0.1, -0.05) is 12.1 Å². The first-order valence-electron chi connectivity index (χ1n) is 6.14. The molecule has 1 N–H and O–H groups in total. The summed E-state index contributed by atoms with van der Waals surface area (Å²) in [6.45, 7) is 1.01. The quantitative estimate of drug-likeness (QED) is 0.880. The first-order chi connectivity index (χ1) is 8.75. The third kappa shape index (κ3) is 1.79. The van der Waals surface area contributed by atoms with Gasteiger partial charge in [-0.05, 0) is 31.4 Å². The molecule has 2 heterocycles. The van der Waals surface area contributed by atoms with Crippen LogP contribution in [-0.4, -0.2) is 20.6 Å². The summed E-state index contributed by atoms with van der Waals surface area (Å²) in [6.07, 6.45) is 5.42. The molecule has 0 amide bonds. The van der Waals surface area contributed by atoms with Gasteiger partial charge < -0.3 is 9.67 Å². The molecular weight excluding hydrogens is 228 g/mol. The number of hydrogen-bond acceptors (Lipinski definition) is 2. The molecule has 0 unspecified atom stereocenters. The van der Waals surface area contributed by atoms with Crippen molar-refractivity contribution in [1.29, 1.82) is 0 Å². The molecule has 0 aliphatic carbocycles. The Labute approximate surface area is 105 Å². The summed E-state index contributed by atoms with van der Waals surface area (Å²) in [6, 6.07) is 6.91. The number of carboxylic acids is 1. The van der Waals surface area contributed by atoms with E-state index in [1.165, 1.54) is 18.5 Å². The summed E-state index contributed by atoms with van der Waals surface area (Å²) in [5.41, 5.74) is 2.57. The van der Waals surface area contributed by atoms with E-state index in [0.717, 1.165) is 24.4 Å². The second-order valence-electron chi connectivity index (χ2n) is 4.56. The van der Waals surface area contributed by atoms with E-state index < -0.39 is 5.97 Å². The average Bonchev–Trinajstić information content (AvgIpc) is 2.82. The Hall–Kier alpha value is -2.10. The van der Waals surface area contributed by atoms with Crippen LogP contribution in [-0.2, 0) is 13.0 Å². The zero-order valence-electron chi connectivity index (χ0n) is 9.97. The third-order valence-electron chi connectivity index (χ3n) is 3.39. The first kappa shape index (κ1) is 11.0. The molecule has 0 bridgehead atoms. The Balaban J connectivity index is 1.99. The normalized spacial score (nSPS) is 14.2. The average molecular weight is 242 g/mol. The molecule has 1 aliphatic heterocycles. The number of hydrogen-bond donors (Lipinski definition) is 1. The van der Waals surface area contributed by atoms with Gasteiger partial charge in [0.25, 0.3) is 0 Å². The number of aromatic nitrogens is 2. The van der Waals surface area contributed by atoms with E-state index in [2.05, 4.69) is 9.55 Å². The van der Waals surface area contributed by atoms with Crippen LogP contribution in [0.5, 0.6) is 0 Å². The number of carboxylic acid groups (broad SMARTS) is 1. The summed E-state index contributed by atoms with van der Waals surface area (Å²) in [4.78, 5) is 15.3. The van der Waals surface area contributed by atoms with Crippen molar-refractivity contribution in [2.45, 2.75) is 25.8 Å². The minimum Gasteiger partial charge on any atom is -0.478 e. The lowest BCUT2D eigenvalue weighted by atomic mass is 10.1. The van der Waals surface area contributed by atoms with Crippen LogP contribution in [0.2, 0.25) is 0 Å². The lowest BCUT2D eigenvalue weighted by Gasteiger charge is -2.16. The van der Waals surface area contributed by atoms with Crippen molar-refractivity contribution in [3.05, 3.63) is 41.7 Å². The maximum absolute atomic E-state index is 10.8. The molecule has 0 fully saturated rings. The van der Waals surface area contributed by atoms with Gasteiger partial charge >= 0.3 is 5.97 Å². The van der Waals surface area contributed by atoms with E-state index in [9.17, 15) is 4.79 Å². The number of aryl methyl sites for hydroxylation is 1. The molecule has 1 aliphatic rings. The van der Waals surface area contributed by atoms with Crippen molar-refractivity contribution in [1.82, 2.24) is 9.55 Å². The van der Waals surface area contributed by atoms with Crippen LogP contribution < -0.4 is 0 Å². The molecule has 0 spiro atoms. The fourth-order valence-corrected chi connectivity index (χ4v) is 2.43. The zero-order chi connectivity index (χ0) is 12.5.